The number of nitrogens with one attached hydrogen (secondary N) is 1. The van der Waals surface area contributed by atoms with Gasteiger partial charge in [-0.15, -0.1) is 5.10 Å². The fraction of sp³-hybridized carbons (Fsp3) is 0.700. The maximum atomic E-state index is 11.8. The van der Waals surface area contributed by atoms with E-state index in [1.165, 1.54) is 14.1 Å². The first kappa shape index (κ1) is 11.8. The first-order valence-corrected chi connectivity index (χ1v) is 5.57. The third kappa shape index (κ3) is 2.10. The van der Waals surface area contributed by atoms with Gasteiger partial charge in [-0.3, -0.25) is 9.36 Å². The highest BCUT2D eigenvalue weighted by molar-refractivity contribution is 5.30. The van der Waals surface area contributed by atoms with Crippen LogP contribution < -0.4 is 22.3 Å². The van der Waals surface area contributed by atoms with E-state index in [9.17, 15) is 9.59 Å². The Morgan fingerprint density at radius 2 is 2.06 bits per heavy atom. The van der Waals surface area contributed by atoms with Gasteiger partial charge < -0.3 is 11.1 Å². The second-order valence-corrected chi connectivity index (χ2v) is 4.68. The summed E-state index contributed by atoms with van der Waals surface area (Å²) in [6.45, 7) is 1.23. The van der Waals surface area contributed by atoms with Crippen LogP contribution in [0.3, 0.4) is 0 Å². The molecular weight excluding hydrogens is 222 g/mol. The van der Waals surface area contributed by atoms with Crippen molar-refractivity contribution < 1.29 is 0 Å². The van der Waals surface area contributed by atoms with Gasteiger partial charge in [-0.2, -0.15) is 0 Å². The fourth-order valence-corrected chi connectivity index (χ4v) is 1.71. The number of hydrogen-bond donors (Lipinski definition) is 2. The Morgan fingerprint density at radius 3 is 2.59 bits per heavy atom. The Morgan fingerprint density at radius 1 is 1.41 bits per heavy atom. The maximum absolute atomic E-state index is 11.8. The Hall–Kier alpha value is -1.63. The third-order valence-electron chi connectivity index (χ3n) is 3.34. The van der Waals surface area contributed by atoms with Crippen LogP contribution in [0, 0.1) is 5.41 Å². The first-order valence-electron chi connectivity index (χ1n) is 5.57. The lowest BCUT2D eigenvalue weighted by Crippen LogP contribution is -2.40. The molecule has 94 valence electrons. The molecule has 0 aromatic carbocycles. The summed E-state index contributed by atoms with van der Waals surface area (Å²) in [4.78, 5) is 23.2. The van der Waals surface area contributed by atoms with E-state index in [1.54, 1.807) is 0 Å². The minimum Gasteiger partial charge on any atom is -0.363 e. The van der Waals surface area contributed by atoms with Crippen LogP contribution in [0.4, 0.5) is 5.82 Å². The van der Waals surface area contributed by atoms with Crippen LogP contribution in [0.5, 0.6) is 0 Å². The molecule has 1 saturated carbocycles. The van der Waals surface area contributed by atoms with Crippen molar-refractivity contribution in [3.05, 3.63) is 20.8 Å². The zero-order chi connectivity index (χ0) is 12.6. The Labute approximate surface area is 98.2 Å². The largest absolute Gasteiger partial charge is 0.363 e. The van der Waals surface area contributed by atoms with E-state index >= 15 is 0 Å². The monoisotopic (exact) mass is 239 g/mol. The second kappa shape index (κ2) is 3.99. The van der Waals surface area contributed by atoms with Crippen molar-refractivity contribution in [1.82, 2.24) is 14.3 Å². The Balaban J connectivity index is 2.22. The number of anilines is 1. The van der Waals surface area contributed by atoms with Crippen LogP contribution in [0.1, 0.15) is 12.8 Å². The van der Waals surface area contributed by atoms with Gasteiger partial charge in [0.1, 0.15) is 0 Å². The average Bonchev–Trinajstić information content (AvgIpc) is 3.10. The zero-order valence-corrected chi connectivity index (χ0v) is 10.1. The van der Waals surface area contributed by atoms with Crippen molar-refractivity contribution in [2.24, 2.45) is 25.2 Å². The molecule has 0 atom stereocenters. The van der Waals surface area contributed by atoms with E-state index < -0.39 is 11.2 Å². The van der Waals surface area contributed by atoms with Gasteiger partial charge in [0.2, 0.25) is 5.82 Å². The van der Waals surface area contributed by atoms with Gasteiger partial charge in [-0.1, -0.05) is 0 Å². The number of rotatable bonds is 4. The van der Waals surface area contributed by atoms with Gasteiger partial charge in [0.15, 0.2) is 0 Å². The smallest absolute Gasteiger partial charge is 0.346 e. The molecule has 17 heavy (non-hydrogen) atoms. The molecule has 1 fully saturated rings. The van der Waals surface area contributed by atoms with Crippen molar-refractivity contribution in [3.63, 3.8) is 0 Å². The molecule has 1 aliphatic rings. The normalized spacial score (nSPS) is 16.9. The molecule has 0 bridgehead atoms. The molecule has 0 unspecified atom stereocenters. The molecule has 3 N–H and O–H groups in total. The summed E-state index contributed by atoms with van der Waals surface area (Å²) in [5, 5.41) is 6.91. The van der Waals surface area contributed by atoms with Crippen LogP contribution in [-0.4, -0.2) is 27.4 Å². The summed E-state index contributed by atoms with van der Waals surface area (Å²) >= 11 is 0. The number of nitrogens with zero attached hydrogens (tertiary/aromatic N) is 3. The van der Waals surface area contributed by atoms with Crippen molar-refractivity contribution in [2.45, 2.75) is 12.8 Å². The molecular formula is C10H17N5O2. The molecule has 2 rings (SSSR count). The average molecular weight is 239 g/mol. The summed E-state index contributed by atoms with van der Waals surface area (Å²) < 4.78 is 2.18. The van der Waals surface area contributed by atoms with Crippen molar-refractivity contribution >= 4 is 5.82 Å². The predicted molar refractivity (Wildman–Crippen MR) is 63.9 cm³/mol. The van der Waals surface area contributed by atoms with E-state index in [0.29, 0.717) is 13.1 Å². The first-order chi connectivity index (χ1) is 7.99. The molecule has 1 aromatic rings. The molecule has 7 heteroatoms. The molecule has 1 heterocycles. The quantitative estimate of drug-likeness (QED) is 0.676. The fourth-order valence-electron chi connectivity index (χ4n) is 1.71. The third-order valence-corrected chi connectivity index (χ3v) is 3.34. The van der Waals surface area contributed by atoms with Crippen molar-refractivity contribution in [3.8, 4) is 0 Å². The summed E-state index contributed by atoms with van der Waals surface area (Å²) in [5.74, 6) is 0.203. The number of aryl methyl sites for hydroxylation is 1. The lowest BCUT2D eigenvalue weighted by molar-refractivity contribution is 0.546. The van der Waals surface area contributed by atoms with E-state index in [1.807, 2.05) is 0 Å². The molecule has 7 nitrogen and oxygen atoms in total. The van der Waals surface area contributed by atoms with Crippen LogP contribution in [0.25, 0.3) is 0 Å². The highest BCUT2D eigenvalue weighted by Gasteiger charge is 2.41. The van der Waals surface area contributed by atoms with Gasteiger partial charge >= 0.3 is 5.69 Å². The van der Waals surface area contributed by atoms with E-state index in [4.69, 9.17) is 5.73 Å². The molecule has 0 saturated heterocycles. The topological polar surface area (TPSA) is 94.9 Å². The van der Waals surface area contributed by atoms with Crippen LogP contribution >= 0.6 is 0 Å². The summed E-state index contributed by atoms with van der Waals surface area (Å²) in [7, 11) is 2.95. The highest BCUT2D eigenvalue weighted by atomic mass is 16.2. The highest BCUT2D eigenvalue weighted by Crippen LogP contribution is 2.44. The molecule has 1 aliphatic carbocycles. The SMILES string of the molecule is Cn1nc(NCC2(CN)CC2)c(=O)n(C)c1=O. The van der Waals surface area contributed by atoms with Crippen molar-refractivity contribution in [1.29, 1.82) is 0 Å². The standard InChI is InChI=1S/C10H17N5O2/c1-14-8(16)7(13-15(2)9(14)17)12-6-10(5-11)3-4-10/h3-6,11H2,1-2H3,(H,12,13). The molecule has 0 aliphatic heterocycles. The minimum absolute atomic E-state index is 0.112. The van der Waals surface area contributed by atoms with Crippen LogP contribution in [0.15, 0.2) is 9.59 Å². The minimum atomic E-state index is -0.430. The van der Waals surface area contributed by atoms with E-state index in [0.717, 1.165) is 22.1 Å². The van der Waals surface area contributed by atoms with Gasteiger partial charge in [-0.25, -0.2) is 9.48 Å². The van der Waals surface area contributed by atoms with Gasteiger partial charge in [-0.05, 0) is 24.8 Å². The van der Waals surface area contributed by atoms with Gasteiger partial charge in [0, 0.05) is 20.6 Å². The van der Waals surface area contributed by atoms with Crippen LogP contribution in [0.2, 0.25) is 0 Å². The number of hydrogen-bond acceptors (Lipinski definition) is 5. The van der Waals surface area contributed by atoms with Gasteiger partial charge in [0.05, 0.1) is 0 Å². The molecule has 0 radical (unpaired) electrons. The Bertz CT molecular complexity index is 541. The van der Waals surface area contributed by atoms with E-state index in [-0.39, 0.29) is 11.2 Å². The molecule has 0 amide bonds. The lowest BCUT2D eigenvalue weighted by atomic mass is 10.1. The maximum Gasteiger partial charge on any atom is 0.346 e. The zero-order valence-electron chi connectivity index (χ0n) is 10.1. The van der Waals surface area contributed by atoms with E-state index in [2.05, 4.69) is 10.4 Å². The Kier molecular flexibility index (Phi) is 2.78. The number of aromatic nitrogens is 3. The lowest BCUT2D eigenvalue weighted by Gasteiger charge is -2.14. The number of nitrogens with two attached hydrogens (primary N) is 1. The second-order valence-electron chi connectivity index (χ2n) is 4.68. The predicted octanol–water partition coefficient (Wildman–Crippen LogP) is -1.37. The van der Waals surface area contributed by atoms with Gasteiger partial charge in [0.25, 0.3) is 5.56 Å². The van der Waals surface area contributed by atoms with Crippen molar-refractivity contribution in [2.75, 3.05) is 18.4 Å². The summed E-state index contributed by atoms with van der Waals surface area (Å²) in [6, 6.07) is 0. The van der Waals surface area contributed by atoms with Crippen LogP contribution in [-0.2, 0) is 14.1 Å². The summed E-state index contributed by atoms with van der Waals surface area (Å²) in [5.41, 5.74) is 4.94. The molecule has 0 spiro atoms. The summed E-state index contributed by atoms with van der Waals surface area (Å²) in [6.07, 6.45) is 2.14. The molecule has 1 aromatic heterocycles.